The molecule has 22 heterocycles. The second kappa shape index (κ2) is 25.6. The van der Waals surface area contributed by atoms with Crippen LogP contribution in [0.2, 0.25) is 0 Å². The molecule has 12 bridgehead atoms. The standard InChI is InChI=1S/C40H68O33/c41-1-9(48)10(49)8-61-34-27(60)40-67-16(7-47)33(34)73-39-26(59)21(54)31(14(5-45)66-39)71-37-24(57)19(52)29(12(3-43)64-37)69-35-22(55)17(50)28(11(2-42)62-35)68-36-23(56)18(51)30(13(4-44)63-36)70-38-25(58)20(53)32(72-40)15(6-46)65-38/h9-60H,1-8H2/t9?,10?,11-,12-,13-,14-,15-,16-,17-,18-,19-,20-,21-,22-,23-,24-,25-,26-,27-,28-,29-,30-,31-,32-,33+,34-,35-,36-,37-,38-,39-,40-/m1/s1. The first-order valence-corrected chi connectivity index (χ1v) is 23.4. The summed E-state index contributed by atoms with van der Waals surface area (Å²) in [5, 5.41) is 217. The van der Waals surface area contributed by atoms with Crippen molar-refractivity contribution in [2.45, 2.75) is 196 Å². The second-order valence-corrected chi connectivity index (χ2v) is 18.5. The lowest BCUT2D eigenvalue weighted by Crippen LogP contribution is -2.69. The molecule has 0 aromatic rings. The summed E-state index contributed by atoms with van der Waals surface area (Å²) in [5.74, 6) is 0. The maximum atomic E-state index is 11.8. The molecule has 0 aliphatic carbocycles. The fourth-order valence-corrected chi connectivity index (χ4v) is 9.55. The van der Waals surface area contributed by atoms with Crippen LogP contribution < -0.4 is 0 Å². The van der Waals surface area contributed by atoms with E-state index < -0.39 is 249 Å². The van der Waals surface area contributed by atoms with Crippen molar-refractivity contribution in [2.24, 2.45) is 0 Å². The van der Waals surface area contributed by atoms with Crippen LogP contribution in [0.5, 0.6) is 0 Å². The first-order valence-electron chi connectivity index (χ1n) is 23.4. The molecule has 0 aromatic carbocycles. The van der Waals surface area contributed by atoms with E-state index >= 15 is 0 Å². The normalized spacial score (nSPS) is 52.1. The number of aliphatic hydroxyl groups excluding tert-OH is 20. The van der Waals surface area contributed by atoms with Gasteiger partial charge in [0.15, 0.2) is 37.7 Å². The van der Waals surface area contributed by atoms with Crippen molar-refractivity contribution in [3.05, 3.63) is 0 Å². The Labute approximate surface area is 412 Å². The summed E-state index contributed by atoms with van der Waals surface area (Å²) in [6.07, 6.45) is -63.4. The number of hydrogen-bond donors (Lipinski definition) is 20. The zero-order valence-corrected chi connectivity index (χ0v) is 38.4. The fraction of sp³-hybridized carbons (Fsp3) is 1.00. The number of rotatable bonds is 11. The lowest BCUT2D eigenvalue weighted by atomic mass is 9.94. The molecule has 0 aromatic heterocycles. The van der Waals surface area contributed by atoms with Crippen LogP contribution in [0.3, 0.4) is 0 Å². The van der Waals surface area contributed by atoms with Crippen molar-refractivity contribution < 1.29 is 164 Å². The first-order chi connectivity index (χ1) is 34.8. The molecule has 22 saturated heterocycles. The van der Waals surface area contributed by atoms with Gasteiger partial charge in [-0.25, -0.2) is 0 Å². The van der Waals surface area contributed by atoms with Gasteiger partial charge in [0.1, 0.15) is 159 Å². The lowest BCUT2D eigenvalue weighted by molar-refractivity contribution is -0.405. The molecule has 0 spiro atoms. The van der Waals surface area contributed by atoms with Gasteiger partial charge in [-0.2, -0.15) is 0 Å². The van der Waals surface area contributed by atoms with Crippen LogP contribution in [-0.4, -0.2) is 351 Å². The molecule has 73 heavy (non-hydrogen) atoms. The summed E-state index contributed by atoms with van der Waals surface area (Å²) in [6.45, 7) is -8.12. The average Bonchev–Trinajstić information content (AvgIpc) is 3.38. The van der Waals surface area contributed by atoms with E-state index in [4.69, 9.17) is 61.6 Å². The number of ether oxygens (including phenoxy) is 13. The molecule has 0 amide bonds. The monoisotopic (exact) mass is 1080 g/mol. The van der Waals surface area contributed by atoms with E-state index in [1.54, 1.807) is 0 Å². The van der Waals surface area contributed by atoms with Crippen molar-refractivity contribution in [2.75, 3.05) is 52.9 Å². The van der Waals surface area contributed by atoms with E-state index in [0.29, 0.717) is 0 Å². The molecule has 426 valence electrons. The Morgan fingerprint density at radius 3 is 0.726 bits per heavy atom. The van der Waals surface area contributed by atoms with Crippen LogP contribution >= 0.6 is 0 Å². The molecule has 2 unspecified atom stereocenters. The number of aliphatic hydroxyl groups is 20. The van der Waals surface area contributed by atoms with Crippen LogP contribution in [-0.2, 0) is 61.6 Å². The third kappa shape index (κ3) is 12.1. The summed E-state index contributed by atoms with van der Waals surface area (Å²) in [6, 6.07) is 0. The van der Waals surface area contributed by atoms with E-state index in [2.05, 4.69) is 0 Å². The van der Waals surface area contributed by atoms with Crippen molar-refractivity contribution in [3.63, 3.8) is 0 Å². The fourth-order valence-electron chi connectivity index (χ4n) is 9.55. The molecule has 33 heteroatoms. The molecule has 22 rings (SSSR count). The van der Waals surface area contributed by atoms with Crippen LogP contribution in [0.1, 0.15) is 0 Å². The van der Waals surface area contributed by atoms with E-state index in [-0.39, 0.29) is 0 Å². The Morgan fingerprint density at radius 1 is 0.274 bits per heavy atom. The predicted molar refractivity (Wildman–Crippen MR) is 219 cm³/mol. The van der Waals surface area contributed by atoms with Gasteiger partial charge in [-0.1, -0.05) is 0 Å². The molecule has 0 radical (unpaired) electrons. The summed E-state index contributed by atoms with van der Waals surface area (Å²) in [7, 11) is 0. The molecule has 32 atom stereocenters. The highest BCUT2D eigenvalue weighted by Gasteiger charge is 2.59. The second-order valence-electron chi connectivity index (χ2n) is 18.5. The zero-order valence-electron chi connectivity index (χ0n) is 38.4. The minimum absolute atomic E-state index is 0.907. The van der Waals surface area contributed by atoms with Gasteiger partial charge in [-0.15, -0.1) is 0 Å². The largest absolute Gasteiger partial charge is 0.394 e. The molecule has 22 aliphatic rings. The Balaban J connectivity index is 1.22. The summed E-state index contributed by atoms with van der Waals surface area (Å²) < 4.78 is 74.5. The van der Waals surface area contributed by atoms with Gasteiger partial charge >= 0.3 is 0 Å². The molecular formula is C40H68O33. The SMILES string of the molecule is OCC(O)C(O)CO[C@@H]1[C@@H](O)[C@H]2O[C@H]3[C@H](O)[C@@H](O)[C@@H](O[C@H]4[C@H](O)[C@@H](O)[C@@H](O[C@H]5[C@H](O)[C@@H](O)[C@@H](O[C@H]6[C@H](O)[C@@H](O)[C@@H](O[C@H]7[C@H](O)[C@@H](O)[C@@H](O[C@H]1[C@@H](CO)O2)O[C@@H]7CO)O[C@@H]6CO)O[C@@H]5CO)O[C@@H]4CO)O[C@@H]3CO. The summed E-state index contributed by atoms with van der Waals surface area (Å²) in [4.78, 5) is 0. The van der Waals surface area contributed by atoms with E-state index in [1.807, 2.05) is 0 Å². The van der Waals surface area contributed by atoms with Gasteiger partial charge in [0.2, 0.25) is 0 Å². The van der Waals surface area contributed by atoms with Crippen LogP contribution in [0.4, 0.5) is 0 Å². The van der Waals surface area contributed by atoms with Crippen molar-refractivity contribution >= 4 is 0 Å². The highest BCUT2D eigenvalue weighted by molar-refractivity contribution is 5.01. The summed E-state index contributed by atoms with van der Waals surface area (Å²) in [5.41, 5.74) is 0. The smallest absolute Gasteiger partial charge is 0.187 e. The van der Waals surface area contributed by atoms with Gasteiger partial charge in [0, 0.05) is 0 Å². The van der Waals surface area contributed by atoms with Crippen LogP contribution in [0, 0.1) is 0 Å². The maximum absolute atomic E-state index is 11.8. The Kier molecular flexibility index (Phi) is 20.8. The molecule has 20 N–H and O–H groups in total. The molecule has 22 fully saturated rings. The Morgan fingerprint density at radius 2 is 0.493 bits per heavy atom. The van der Waals surface area contributed by atoms with Gasteiger partial charge in [-0.05, 0) is 0 Å². The van der Waals surface area contributed by atoms with Crippen LogP contribution in [0.15, 0.2) is 0 Å². The van der Waals surface area contributed by atoms with E-state index in [0.717, 1.165) is 0 Å². The lowest BCUT2D eigenvalue weighted by Gasteiger charge is -2.51. The van der Waals surface area contributed by atoms with Gasteiger partial charge < -0.3 is 164 Å². The van der Waals surface area contributed by atoms with Crippen LogP contribution in [0.25, 0.3) is 0 Å². The minimum Gasteiger partial charge on any atom is -0.394 e. The molecule has 33 nitrogen and oxygen atoms in total. The topological polar surface area (TPSA) is 525 Å². The Bertz CT molecular complexity index is 1670. The quantitative estimate of drug-likeness (QED) is 0.0913. The predicted octanol–water partition coefficient (Wildman–Crippen LogP) is -14.3. The highest BCUT2D eigenvalue weighted by atomic mass is 16.8. The van der Waals surface area contributed by atoms with Crippen molar-refractivity contribution in [3.8, 4) is 0 Å². The Hall–Kier alpha value is -1.32. The zero-order chi connectivity index (χ0) is 53.3. The average molecular weight is 1080 g/mol. The minimum atomic E-state index is -2.23. The summed E-state index contributed by atoms with van der Waals surface area (Å²) >= 11 is 0. The third-order valence-corrected chi connectivity index (χ3v) is 13.7. The third-order valence-electron chi connectivity index (χ3n) is 13.7. The number of hydrogen-bond acceptors (Lipinski definition) is 33. The highest BCUT2D eigenvalue weighted by Crippen LogP contribution is 2.38. The molecular weight excluding hydrogens is 1010 g/mol. The van der Waals surface area contributed by atoms with Crippen molar-refractivity contribution in [1.29, 1.82) is 0 Å². The molecule has 22 aliphatic heterocycles. The van der Waals surface area contributed by atoms with Gasteiger partial charge in [0.25, 0.3) is 0 Å². The van der Waals surface area contributed by atoms with Crippen molar-refractivity contribution in [1.82, 2.24) is 0 Å². The first kappa shape index (κ1) is 59.3. The molecule has 0 saturated carbocycles. The maximum Gasteiger partial charge on any atom is 0.187 e. The van der Waals surface area contributed by atoms with Gasteiger partial charge in [0.05, 0.1) is 52.9 Å². The van der Waals surface area contributed by atoms with Gasteiger partial charge in [-0.3, -0.25) is 0 Å². The van der Waals surface area contributed by atoms with E-state index in [1.165, 1.54) is 0 Å². The van der Waals surface area contributed by atoms with E-state index in [9.17, 15) is 102 Å².